The maximum atomic E-state index is 13.2. The van der Waals surface area contributed by atoms with Gasteiger partial charge in [-0.1, -0.05) is 36.4 Å². The molecule has 0 aliphatic carbocycles. The minimum Gasteiger partial charge on any atom is -0.459 e. The van der Waals surface area contributed by atoms with Crippen LogP contribution in [0.5, 0.6) is 0 Å². The van der Waals surface area contributed by atoms with Gasteiger partial charge in [0.05, 0.1) is 24.2 Å². The van der Waals surface area contributed by atoms with Crippen molar-refractivity contribution in [1.82, 2.24) is 19.4 Å². The van der Waals surface area contributed by atoms with E-state index in [-0.39, 0.29) is 36.5 Å². The van der Waals surface area contributed by atoms with E-state index in [1.165, 1.54) is 4.57 Å². The molecule has 2 saturated heterocycles. The molecule has 1 aromatic heterocycles. The zero-order chi connectivity index (χ0) is 30.0. The first-order valence-corrected chi connectivity index (χ1v) is 14.6. The smallest absolute Gasteiger partial charge is 0.329 e. The van der Waals surface area contributed by atoms with Crippen molar-refractivity contribution >= 4 is 28.8 Å². The second kappa shape index (κ2) is 12.2. The van der Waals surface area contributed by atoms with Crippen molar-refractivity contribution in [1.29, 1.82) is 0 Å². The molecular formula is C32H40N4O6. The third kappa shape index (κ3) is 6.50. The topological polar surface area (TPSA) is 112 Å². The SMILES string of the molecule is Cn1c(=O)n(C2CCC(=O)NC2=O)c2ccc(C3CCN([C@@H](COCc4ccccc4)C(=O)OC(C)(C)C)CC3)cc21. The molecule has 42 heavy (non-hydrogen) atoms. The Morgan fingerprint density at radius 2 is 1.71 bits per heavy atom. The Hall–Kier alpha value is -3.76. The number of hydrogen-bond acceptors (Lipinski definition) is 7. The number of carbonyl (C=O) groups excluding carboxylic acids is 3. The van der Waals surface area contributed by atoms with E-state index >= 15 is 0 Å². The molecule has 3 aromatic rings. The molecular weight excluding hydrogens is 536 g/mol. The highest BCUT2D eigenvalue weighted by molar-refractivity contribution is 6.00. The number of nitrogens with one attached hydrogen (secondary N) is 1. The number of aromatic nitrogens is 2. The van der Waals surface area contributed by atoms with Gasteiger partial charge in [0.25, 0.3) is 0 Å². The Morgan fingerprint density at radius 3 is 2.38 bits per heavy atom. The Morgan fingerprint density at radius 1 is 1.00 bits per heavy atom. The minimum absolute atomic E-state index is 0.206. The maximum absolute atomic E-state index is 13.2. The van der Waals surface area contributed by atoms with E-state index in [1.807, 2.05) is 69.3 Å². The third-order valence-electron chi connectivity index (χ3n) is 8.14. The fourth-order valence-electron chi connectivity index (χ4n) is 5.96. The highest BCUT2D eigenvalue weighted by atomic mass is 16.6. The number of ether oxygens (including phenoxy) is 2. The van der Waals surface area contributed by atoms with Gasteiger partial charge in [0.1, 0.15) is 17.7 Å². The van der Waals surface area contributed by atoms with E-state index < -0.39 is 23.6 Å². The summed E-state index contributed by atoms with van der Waals surface area (Å²) in [5.74, 6) is -0.774. The summed E-state index contributed by atoms with van der Waals surface area (Å²) in [7, 11) is 1.71. The summed E-state index contributed by atoms with van der Waals surface area (Å²) in [4.78, 5) is 52.7. The maximum Gasteiger partial charge on any atom is 0.329 e. The van der Waals surface area contributed by atoms with E-state index in [0.29, 0.717) is 31.6 Å². The molecule has 2 amide bonds. The zero-order valence-corrected chi connectivity index (χ0v) is 24.8. The molecule has 10 nitrogen and oxygen atoms in total. The molecule has 0 radical (unpaired) electrons. The summed E-state index contributed by atoms with van der Waals surface area (Å²) in [6.07, 6.45) is 2.19. The standard InChI is InChI=1S/C32H40N4O6/c1-32(2,3)42-30(39)27(20-41-19-21-8-6-5-7-9-21)35-16-14-22(15-17-35)23-10-11-24-26(18-23)34(4)31(40)36(24)25-12-13-28(37)33-29(25)38/h5-11,18,22,25,27H,12-17,19-20H2,1-4H3,(H,33,37,38)/t25?,27-/m0/s1. The van der Waals surface area contributed by atoms with Crippen LogP contribution in [-0.4, -0.2) is 63.2 Å². The molecule has 224 valence electrons. The normalized spacial score (nSPS) is 19.6. The number of benzene rings is 2. The number of carbonyl (C=O) groups is 3. The van der Waals surface area contributed by atoms with Gasteiger partial charge in [-0.2, -0.15) is 0 Å². The van der Waals surface area contributed by atoms with Crippen molar-refractivity contribution < 1.29 is 23.9 Å². The largest absolute Gasteiger partial charge is 0.459 e. The molecule has 3 heterocycles. The summed E-state index contributed by atoms with van der Waals surface area (Å²) >= 11 is 0. The molecule has 5 rings (SSSR count). The minimum atomic E-state index is -0.707. The number of likely N-dealkylation sites (tertiary alicyclic amines) is 1. The molecule has 0 spiro atoms. The van der Waals surface area contributed by atoms with Crippen molar-refractivity contribution in [2.24, 2.45) is 7.05 Å². The highest BCUT2D eigenvalue weighted by Gasteiger charge is 2.35. The van der Waals surface area contributed by atoms with Crippen LogP contribution in [0.3, 0.4) is 0 Å². The van der Waals surface area contributed by atoms with Crippen LogP contribution in [0.1, 0.15) is 69.5 Å². The van der Waals surface area contributed by atoms with Gasteiger partial charge in [0, 0.05) is 13.5 Å². The van der Waals surface area contributed by atoms with E-state index in [9.17, 15) is 19.2 Å². The predicted octanol–water partition coefficient (Wildman–Crippen LogP) is 3.42. The molecule has 0 saturated carbocycles. The van der Waals surface area contributed by atoms with Gasteiger partial charge in [-0.3, -0.25) is 33.7 Å². The summed E-state index contributed by atoms with van der Waals surface area (Å²) in [5.41, 5.74) is 2.73. The van der Waals surface area contributed by atoms with Gasteiger partial charge in [0.2, 0.25) is 11.8 Å². The number of fused-ring (bicyclic) bond motifs is 1. The van der Waals surface area contributed by atoms with Crippen molar-refractivity contribution in [3.8, 4) is 0 Å². The van der Waals surface area contributed by atoms with Crippen LogP contribution >= 0.6 is 0 Å². The van der Waals surface area contributed by atoms with E-state index in [4.69, 9.17) is 9.47 Å². The number of aryl methyl sites for hydroxylation is 1. The Balaban J connectivity index is 1.29. The first-order chi connectivity index (χ1) is 20.0. The molecule has 2 atom stereocenters. The number of nitrogens with zero attached hydrogens (tertiary/aromatic N) is 3. The quantitative estimate of drug-likeness (QED) is 0.323. The molecule has 2 fully saturated rings. The average Bonchev–Trinajstić information content (AvgIpc) is 3.20. The van der Waals surface area contributed by atoms with Gasteiger partial charge in [-0.15, -0.1) is 0 Å². The monoisotopic (exact) mass is 576 g/mol. The lowest BCUT2D eigenvalue weighted by atomic mass is 9.88. The summed E-state index contributed by atoms with van der Waals surface area (Å²) in [6.45, 7) is 7.70. The number of rotatable bonds is 8. The number of esters is 1. The van der Waals surface area contributed by atoms with E-state index in [1.54, 1.807) is 11.6 Å². The first kappa shape index (κ1) is 29.7. The van der Waals surface area contributed by atoms with Crippen LogP contribution in [0.15, 0.2) is 53.3 Å². The second-order valence-corrected chi connectivity index (χ2v) is 12.3. The van der Waals surface area contributed by atoms with Crippen LogP contribution in [0.2, 0.25) is 0 Å². The highest BCUT2D eigenvalue weighted by Crippen LogP contribution is 2.32. The van der Waals surface area contributed by atoms with Crippen LogP contribution in [0, 0.1) is 0 Å². The molecule has 1 unspecified atom stereocenters. The number of hydrogen-bond donors (Lipinski definition) is 1. The van der Waals surface area contributed by atoms with Crippen molar-refractivity contribution in [2.45, 2.75) is 76.7 Å². The fraction of sp³-hybridized carbons (Fsp3) is 0.500. The first-order valence-electron chi connectivity index (χ1n) is 14.6. The Labute approximate surface area is 245 Å². The van der Waals surface area contributed by atoms with Crippen molar-refractivity contribution in [3.05, 3.63) is 70.1 Å². The Kier molecular flexibility index (Phi) is 8.65. The van der Waals surface area contributed by atoms with Crippen LogP contribution in [0.25, 0.3) is 11.0 Å². The van der Waals surface area contributed by atoms with Gasteiger partial charge in [-0.05, 0) is 82.3 Å². The predicted molar refractivity (Wildman–Crippen MR) is 158 cm³/mol. The van der Waals surface area contributed by atoms with E-state index in [2.05, 4.69) is 10.2 Å². The number of piperidine rings is 2. The van der Waals surface area contributed by atoms with Gasteiger partial charge >= 0.3 is 11.7 Å². The lowest BCUT2D eigenvalue weighted by Crippen LogP contribution is -2.50. The lowest BCUT2D eigenvalue weighted by Gasteiger charge is -2.37. The fourth-order valence-corrected chi connectivity index (χ4v) is 5.96. The van der Waals surface area contributed by atoms with E-state index in [0.717, 1.165) is 29.5 Å². The number of imidazole rings is 1. The van der Waals surface area contributed by atoms with Crippen molar-refractivity contribution in [3.63, 3.8) is 0 Å². The molecule has 2 aliphatic rings. The number of amides is 2. The lowest BCUT2D eigenvalue weighted by molar-refractivity contribution is -0.164. The summed E-state index contributed by atoms with van der Waals surface area (Å²) in [5, 5.41) is 2.35. The molecule has 2 aliphatic heterocycles. The Bertz CT molecular complexity index is 1510. The third-order valence-corrected chi connectivity index (χ3v) is 8.14. The van der Waals surface area contributed by atoms with Gasteiger partial charge in [-0.25, -0.2) is 4.79 Å². The molecule has 10 heteroatoms. The van der Waals surface area contributed by atoms with Crippen LogP contribution in [-0.2, 0) is 37.5 Å². The van der Waals surface area contributed by atoms with Crippen LogP contribution < -0.4 is 11.0 Å². The van der Waals surface area contributed by atoms with Gasteiger partial charge < -0.3 is 9.47 Å². The molecule has 0 bridgehead atoms. The van der Waals surface area contributed by atoms with Crippen LogP contribution in [0.4, 0.5) is 0 Å². The van der Waals surface area contributed by atoms with Crippen molar-refractivity contribution in [2.75, 3.05) is 19.7 Å². The molecule has 2 aromatic carbocycles. The summed E-state index contributed by atoms with van der Waals surface area (Å²) < 4.78 is 14.8. The molecule has 1 N–H and O–H groups in total. The number of imide groups is 1. The zero-order valence-electron chi connectivity index (χ0n) is 24.8. The summed E-state index contributed by atoms with van der Waals surface area (Å²) in [6, 6.07) is 14.7. The second-order valence-electron chi connectivity index (χ2n) is 12.3. The average molecular weight is 577 g/mol. The van der Waals surface area contributed by atoms with Gasteiger partial charge in [0.15, 0.2) is 0 Å².